The van der Waals surface area contributed by atoms with E-state index in [2.05, 4.69) is 27.5 Å². The predicted octanol–water partition coefficient (Wildman–Crippen LogP) is 3.87. The molecule has 29 heavy (non-hydrogen) atoms. The van der Waals surface area contributed by atoms with Gasteiger partial charge < -0.3 is 15.5 Å². The lowest BCUT2D eigenvalue weighted by Crippen LogP contribution is -2.32. The highest BCUT2D eigenvalue weighted by Gasteiger charge is 2.22. The molecule has 2 aromatic heterocycles. The van der Waals surface area contributed by atoms with Crippen LogP contribution in [-0.4, -0.2) is 34.4 Å². The molecule has 0 spiro atoms. The van der Waals surface area contributed by atoms with E-state index >= 15 is 0 Å². The molecule has 3 heterocycles. The first kappa shape index (κ1) is 19.3. The highest BCUT2D eigenvalue weighted by Crippen LogP contribution is 2.32. The van der Waals surface area contributed by atoms with E-state index in [4.69, 9.17) is 0 Å². The van der Waals surface area contributed by atoms with Crippen molar-refractivity contribution in [3.05, 3.63) is 41.0 Å². The summed E-state index contributed by atoms with van der Waals surface area (Å²) >= 11 is 1.62. The fourth-order valence-electron chi connectivity index (χ4n) is 3.46. The number of thiophene rings is 1. The number of aromatic nitrogens is 2. The zero-order valence-corrected chi connectivity index (χ0v) is 17.5. The number of hydrogen-bond donors (Lipinski definition) is 2. The van der Waals surface area contributed by atoms with Crippen molar-refractivity contribution < 1.29 is 9.59 Å². The summed E-state index contributed by atoms with van der Waals surface area (Å²) in [4.78, 5) is 37.1. The van der Waals surface area contributed by atoms with Crippen LogP contribution in [0.3, 0.4) is 0 Å². The number of hydrogen-bond acceptors (Lipinski definition) is 6. The number of fused-ring (bicyclic) bond motifs is 1. The normalized spacial score (nSPS) is 15.0. The van der Waals surface area contributed by atoms with Crippen LogP contribution < -0.4 is 15.5 Å². The standard InChI is InChI=1S/C21H23N5O2S/c1-12-14(3)29-21-18(12)19(22-11-23-21)24-13(2)20(28)25-15-6-8-16(9-7-15)26-10-4-5-17(26)27/h6-9,11,13H,4-5,10H2,1-3H3,(H,25,28)(H,22,23,24). The average molecular weight is 410 g/mol. The zero-order chi connectivity index (χ0) is 20.5. The van der Waals surface area contributed by atoms with Crippen LogP contribution in [0.15, 0.2) is 30.6 Å². The molecule has 8 heteroatoms. The van der Waals surface area contributed by atoms with Crippen molar-refractivity contribution in [3.8, 4) is 0 Å². The Labute approximate surface area is 173 Å². The third-order valence-corrected chi connectivity index (χ3v) is 6.35. The monoisotopic (exact) mass is 409 g/mol. The maximum absolute atomic E-state index is 12.7. The quantitative estimate of drug-likeness (QED) is 0.668. The molecule has 1 fully saturated rings. The minimum absolute atomic E-state index is 0.148. The van der Waals surface area contributed by atoms with Crippen LogP contribution >= 0.6 is 11.3 Å². The Morgan fingerprint density at radius 3 is 2.66 bits per heavy atom. The Hall–Kier alpha value is -3.00. The van der Waals surface area contributed by atoms with Gasteiger partial charge in [0.05, 0.1) is 5.39 Å². The minimum atomic E-state index is -0.479. The van der Waals surface area contributed by atoms with E-state index in [0.29, 0.717) is 17.9 Å². The number of rotatable bonds is 5. The Morgan fingerprint density at radius 2 is 1.97 bits per heavy atom. The first-order chi connectivity index (χ1) is 13.9. The second kappa shape index (κ2) is 7.79. The molecule has 7 nitrogen and oxygen atoms in total. The van der Waals surface area contributed by atoms with Crippen molar-refractivity contribution >= 4 is 50.6 Å². The molecule has 2 amide bonds. The molecule has 1 aromatic carbocycles. The van der Waals surface area contributed by atoms with Crippen LogP contribution in [0.1, 0.15) is 30.2 Å². The van der Waals surface area contributed by atoms with Crippen LogP contribution in [0.25, 0.3) is 10.2 Å². The number of carbonyl (C=O) groups excluding carboxylic acids is 2. The first-order valence-corrected chi connectivity index (χ1v) is 10.4. The number of benzene rings is 1. The predicted molar refractivity (Wildman–Crippen MR) is 117 cm³/mol. The largest absolute Gasteiger partial charge is 0.358 e. The van der Waals surface area contributed by atoms with Gasteiger partial charge in [-0.1, -0.05) is 0 Å². The van der Waals surface area contributed by atoms with Gasteiger partial charge in [-0.15, -0.1) is 11.3 Å². The molecule has 2 N–H and O–H groups in total. The lowest BCUT2D eigenvalue weighted by Gasteiger charge is -2.17. The molecule has 0 aliphatic carbocycles. The summed E-state index contributed by atoms with van der Waals surface area (Å²) in [6.07, 6.45) is 3.00. The lowest BCUT2D eigenvalue weighted by molar-refractivity contribution is -0.117. The van der Waals surface area contributed by atoms with Gasteiger partial charge in [-0.2, -0.15) is 0 Å². The molecule has 1 aliphatic rings. The van der Waals surface area contributed by atoms with Crippen LogP contribution in [0.2, 0.25) is 0 Å². The lowest BCUT2D eigenvalue weighted by atomic mass is 10.2. The Balaban J connectivity index is 1.44. The molecule has 1 unspecified atom stereocenters. The minimum Gasteiger partial charge on any atom is -0.358 e. The van der Waals surface area contributed by atoms with E-state index in [1.54, 1.807) is 23.2 Å². The van der Waals surface area contributed by atoms with Crippen LogP contribution in [-0.2, 0) is 9.59 Å². The maximum atomic E-state index is 12.7. The van der Waals surface area contributed by atoms with Gasteiger partial charge in [0.25, 0.3) is 0 Å². The summed E-state index contributed by atoms with van der Waals surface area (Å²) in [5, 5.41) is 7.09. The van der Waals surface area contributed by atoms with Gasteiger partial charge in [-0.25, -0.2) is 9.97 Å². The number of nitrogens with zero attached hydrogens (tertiary/aromatic N) is 3. The summed E-state index contributed by atoms with van der Waals surface area (Å²) in [5.41, 5.74) is 2.69. The summed E-state index contributed by atoms with van der Waals surface area (Å²) in [5.74, 6) is 0.656. The van der Waals surface area contributed by atoms with E-state index in [9.17, 15) is 9.59 Å². The molecule has 150 valence electrons. The molecule has 1 aliphatic heterocycles. The molecule has 1 atom stereocenters. The number of carbonyl (C=O) groups is 2. The molecule has 4 rings (SSSR count). The van der Waals surface area contributed by atoms with Crippen LogP contribution in [0.5, 0.6) is 0 Å². The molecule has 0 saturated carbocycles. The second-order valence-electron chi connectivity index (χ2n) is 7.24. The molecular weight excluding hydrogens is 386 g/mol. The highest BCUT2D eigenvalue weighted by molar-refractivity contribution is 7.18. The van der Waals surface area contributed by atoms with Crippen molar-refractivity contribution in [2.45, 2.75) is 39.7 Å². The smallest absolute Gasteiger partial charge is 0.246 e. The average Bonchev–Trinajstić information content (AvgIpc) is 3.26. The van der Waals surface area contributed by atoms with Crippen molar-refractivity contribution in [1.29, 1.82) is 0 Å². The van der Waals surface area contributed by atoms with Gasteiger partial charge in [0.1, 0.15) is 23.0 Å². The topological polar surface area (TPSA) is 87.2 Å². The maximum Gasteiger partial charge on any atom is 0.246 e. The van der Waals surface area contributed by atoms with E-state index in [1.165, 1.54) is 11.2 Å². The third kappa shape index (κ3) is 3.80. The van der Waals surface area contributed by atoms with E-state index in [-0.39, 0.29) is 11.8 Å². The molecule has 0 radical (unpaired) electrons. The Kier molecular flexibility index (Phi) is 5.19. The molecular formula is C21H23N5O2S. The first-order valence-electron chi connectivity index (χ1n) is 9.62. The zero-order valence-electron chi connectivity index (χ0n) is 16.7. The highest BCUT2D eigenvalue weighted by atomic mass is 32.1. The molecule has 0 bridgehead atoms. The van der Waals surface area contributed by atoms with E-state index in [1.807, 2.05) is 31.2 Å². The number of amides is 2. The summed E-state index contributed by atoms with van der Waals surface area (Å²) in [6, 6.07) is 6.89. The van der Waals surface area contributed by atoms with Gasteiger partial charge in [-0.3, -0.25) is 9.59 Å². The molecule has 1 saturated heterocycles. The number of aryl methyl sites for hydroxylation is 2. The van der Waals surface area contributed by atoms with E-state index < -0.39 is 6.04 Å². The van der Waals surface area contributed by atoms with Crippen molar-refractivity contribution in [2.24, 2.45) is 0 Å². The fraction of sp³-hybridized carbons (Fsp3) is 0.333. The summed E-state index contributed by atoms with van der Waals surface area (Å²) < 4.78 is 0. The van der Waals surface area contributed by atoms with Gasteiger partial charge in [0.15, 0.2) is 0 Å². The van der Waals surface area contributed by atoms with Gasteiger partial charge in [-0.05, 0) is 57.0 Å². The molecule has 3 aromatic rings. The van der Waals surface area contributed by atoms with Crippen molar-refractivity contribution in [3.63, 3.8) is 0 Å². The van der Waals surface area contributed by atoms with Crippen LogP contribution in [0, 0.1) is 13.8 Å². The summed E-state index contributed by atoms with van der Waals surface area (Å²) in [6.45, 7) is 6.65. The summed E-state index contributed by atoms with van der Waals surface area (Å²) in [7, 11) is 0. The van der Waals surface area contributed by atoms with Crippen molar-refractivity contribution in [2.75, 3.05) is 22.1 Å². The second-order valence-corrected chi connectivity index (χ2v) is 8.44. The number of anilines is 3. The van der Waals surface area contributed by atoms with Gasteiger partial charge >= 0.3 is 0 Å². The Bertz CT molecular complexity index is 1080. The SMILES string of the molecule is Cc1sc2ncnc(NC(C)C(=O)Nc3ccc(N4CCCC4=O)cc3)c2c1C. The Morgan fingerprint density at radius 1 is 1.21 bits per heavy atom. The van der Waals surface area contributed by atoms with Crippen LogP contribution in [0.4, 0.5) is 17.2 Å². The van der Waals surface area contributed by atoms with Crippen molar-refractivity contribution in [1.82, 2.24) is 9.97 Å². The fourth-order valence-corrected chi connectivity index (χ4v) is 4.46. The van der Waals surface area contributed by atoms with Gasteiger partial charge in [0.2, 0.25) is 11.8 Å². The number of nitrogens with one attached hydrogen (secondary N) is 2. The third-order valence-electron chi connectivity index (χ3n) is 5.23. The van der Waals surface area contributed by atoms with E-state index in [0.717, 1.165) is 34.4 Å². The van der Waals surface area contributed by atoms with Gasteiger partial charge in [0, 0.05) is 29.2 Å².